The third kappa shape index (κ3) is 4.43. The molecule has 3 N–H and O–H groups in total. The standard InChI is InChI=1S/C12H11BrF3NO4/c1-5(18)9(11(20)21)17-10(19)7-4-6(12(14,15)16)2-3-8(7)13/h2-5,9,18H,1H3,(H,17,19)(H,20,21)/t5-,9+/m1/s1. The lowest BCUT2D eigenvalue weighted by molar-refractivity contribution is -0.142. The number of hydrogen-bond acceptors (Lipinski definition) is 3. The van der Waals surface area contributed by atoms with Crippen LogP contribution in [0.15, 0.2) is 22.7 Å². The van der Waals surface area contributed by atoms with Gasteiger partial charge in [0.2, 0.25) is 0 Å². The molecule has 9 heteroatoms. The summed E-state index contributed by atoms with van der Waals surface area (Å²) >= 11 is 2.92. The topological polar surface area (TPSA) is 86.6 Å². The van der Waals surface area contributed by atoms with Gasteiger partial charge in [-0.1, -0.05) is 0 Å². The Morgan fingerprint density at radius 2 is 1.90 bits per heavy atom. The Kier molecular flexibility index (Phi) is 5.35. The summed E-state index contributed by atoms with van der Waals surface area (Å²) in [5.74, 6) is -2.54. The molecule has 2 atom stereocenters. The molecule has 1 aromatic carbocycles. The number of carbonyl (C=O) groups excluding carboxylic acids is 1. The van der Waals surface area contributed by atoms with Crippen LogP contribution in [-0.2, 0) is 11.0 Å². The lowest BCUT2D eigenvalue weighted by atomic mass is 10.1. The second-order valence-electron chi connectivity index (χ2n) is 4.22. The molecule has 0 saturated carbocycles. The van der Waals surface area contributed by atoms with Crippen LogP contribution in [0.5, 0.6) is 0 Å². The maximum atomic E-state index is 12.6. The van der Waals surface area contributed by atoms with Crippen molar-refractivity contribution in [3.63, 3.8) is 0 Å². The molecule has 0 fully saturated rings. The number of amides is 1. The highest BCUT2D eigenvalue weighted by Crippen LogP contribution is 2.31. The van der Waals surface area contributed by atoms with E-state index in [-0.39, 0.29) is 10.0 Å². The van der Waals surface area contributed by atoms with E-state index in [1.807, 2.05) is 5.32 Å². The van der Waals surface area contributed by atoms with Crippen LogP contribution in [0, 0.1) is 0 Å². The molecule has 0 aromatic heterocycles. The van der Waals surface area contributed by atoms with E-state index in [0.717, 1.165) is 19.1 Å². The van der Waals surface area contributed by atoms with Gasteiger partial charge >= 0.3 is 12.1 Å². The van der Waals surface area contributed by atoms with Crippen LogP contribution in [0.4, 0.5) is 13.2 Å². The van der Waals surface area contributed by atoms with Gasteiger partial charge in [-0.05, 0) is 41.1 Å². The van der Waals surface area contributed by atoms with Crippen LogP contribution < -0.4 is 5.32 Å². The lowest BCUT2D eigenvalue weighted by Gasteiger charge is -2.18. The molecule has 0 radical (unpaired) electrons. The van der Waals surface area contributed by atoms with Crippen LogP contribution in [0.1, 0.15) is 22.8 Å². The van der Waals surface area contributed by atoms with E-state index in [1.54, 1.807) is 0 Å². The summed E-state index contributed by atoms with van der Waals surface area (Å²) in [4.78, 5) is 22.7. The molecule has 1 amide bonds. The highest BCUT2D eigenvalue weighted by molar-refractivity contribution is 9.10. The Morgan fingerprint density at radius 3 is 2.33 bits per heavy atom. The second-order valence-corrected chi connectivity index (χ2v) is 5.08. The van der Waals surface area contributed by atoms with Crippen molar-refractivity contribution < 1.29 is 33.0 Å². The summed E-state index contributed by atoms with van der Waals surface area (Å²) in [7, 11) is 0. The summed E-state index contributed by atoms with van der Waals surface area (Å²) in [6.45, 7) is 1.14. The maximum Gasteiger partial charge on any atom is 0.416 e. The largest absolute Gasteiger partial charge is 0.480 e. The maximum absolute atomic E-state index is 12.6. The van der Waals surface area contributed by atoms with Gasteiger partial charge in [0.1, 0.15) is 0 Å². The predicted octanol–water partition coefficient (Wildman–Crippen LogP) is 2.03. The van der Waals surface area contributed by atoms with Crippen LogP contribution in [0.3, 0.4) is 0 Å². The van der Waals surface area contributed by atoms with Crippen molar-refractivity contribution >= 4 is 27.8 Å². The molecule has 0 saturated heterocycles. The highest BCUT2D eigenvalue weighted by atomic mass is 79.9. The SMILES string of the molecule is C[C@@H](O)[C@H](NC(=O)c1cc(C(F)(F)F)ccc1Br)C(=O)O. The van der Waals surface area contributed by atoms with Crippen molar-refractivity contribution in [1.82, 2.24) is 5.32 Å². The zero-order valence-corrected chi connectivity index (χ0v) is 12.2. The van der Waals surface area contributed by atoms with Gasteiger partial charge in [-0.25, -0.2) is 4.79 Å². The molecule has 1 rings (SSSR count). The highest BCUT2D eigenvalue weighted by Gasteiger charge is 2.32. The van der Waals surface area contributed by atoms with Gasteiger partial charge in [-0.2, -0.15) is 13.2 Å². The van der Waals surface area contributed by atoms with E-state index < -0.39 is 35.8 Å². The van der Waals surface area contributed by atoms with Crippen molar-refractivity contribution in [3.05, 3.63) is 33.8 Å². The number of halogens is 4. The minimum Gasteiger partial charge on any atom is -0.480 e. The van der Waals surface area contributed by atoms with E-state index in [0.29, 0.717) is 6.07 Å². The Bertz CT molecular complexity index is 560. The summed E-state index contributed by atoms with van der Waals surface area (Å²) in [6.07, 6.45) is -6.04. The van der Waals surface area contributed by atoms with Gasteiger partial charge in [0.05, 0.1) is 17.2 Å². The third-order valence-corrected chi connectivity index (χ3v) is 3.26. The monoisotopic (exact) mass is 369 g/mol. The zero-order chi connectivity index (χ0) is 16.4. The van der Waals surface area contributed by atoms with Crippen molar-refractivity contribution in [1.29, 1.82) is 0 Å². The first-order chi connectivity index (χ1) is 9.54. The molecular weight excluding hydrogens is 359 g/mol. The molecule has 0 heterocycles. The molecule has 5 nitrogen and oxygen atoms in total. The Balaban J connectivity index is 3.10. The number of carboxylic acids is 1. The van der Waals surface area contributed by atoms with Crippen molar-refractivity contribution in [2.45, 2.75) is 25.2 Å². The minimum absolute atomic E-state index is 0.0720. The quantitative estimate of drug-likeness (QED) is 0.757. The number of aliphatic hydroxyl groups is 1. The molecule has 0 unspecified atom stereocenters. The van der Waals surface area contributed by atoms with Gasteiger partial charge in [0.25, 0.3) is 5.91 Å². The summed E-state index contributed by atoms with van der Waals surface area (Å²) in [6, 6.07) is 0.791. The van der Waals surface area contributed by atoms with E-state index in [1.165, 1.54) is 0 Å². The number of benzene rings is 1. The molecule has 1 aromatic rings. The molecule has 0 bridgehead atoms. The lowest BCUT2D eigenvalue weighted by Crippen LogP contribution is -2.47. The number of rotatable bonds is 4. The fourth-order valence-electron chi connectivity index (χ4n) is 1.48. The van der Waals surface area contributed by atoms with Gasteiger partial charge in [0, 0.05) is 4.47 Å². The van der Waals surface area contributed by atoms with Gasteiger partial charge in [-0.3, -0.25) is 4.79 Å². The molecule has 0 aliphatic rings. The number of carbonyl (C=O) groups is 2. The van der Waals surface area contributed by atoms with Crippen LogP contribution in [0.2, 0.25) is 0 Å². The second kappa shape index (κ2) is 6.44. The smallest absolute Gasteiger partial charge is 0.416 e. The zero-order valence-electron chi connectivity index (χ0n) is 10.6. The van der Waals surface area contributed by atoms with E-state index in [9.17, 15) is 27.9 Å². The number of aliphatic carboxylic acids is 1. The van der Waals surface area contributed by atoms with Crippen LogP contribution >= 0.6 is 15.9 Å². The van der Waals surface area contributed by atoms with Crippen LogP contribution in [-0.4, -0.2) is 34.2 Å². The number of hydrogen-bond donors (Lipinski definition) is 3. The first kappa shape index (κ1) is 17.4. The van der Waals surface area contributed by atoms with Crippen molar-refractivity contribution in [2.75, 3.05) is 0 Å². The Hall–Kier alpha value is -1.61. The summed E-state index contributed by atoms with van der Waals surface area (Å²) < 4.78 is 37.9. The number of nitrogens with one attached hydrogen (secondary N) is 1. The first-order valence-corrected chi connectivity index (χ1v) is 6.42. The van der Waals surface area contributed by atoms with E-state index >= 15 is 0 Å². The number of aliphatic hydroxyl groups excluding tert-OH is 1. The predicted molar refractivity (Wildman–Crippen MR) is 69.7 cm³/mol. The summed E-state index contributed by atoms with van der Waals surface area (Å²) in [5, 5.41) is 20.0. The van der Waals surface area contributed by atoms with Gasteiger partial charge in [0.15, 0.2) is 6.04 Å². The average molecular weight is 370 g/mol. The third-order valence-electron chi connectivity index (χ3n) is 2.57. The van der Waals surface area contributed by atoms with Gasteiger partial charge < -0.3 is 15.5 Å². The Labute approximate surface area is 125 Å². The molecule has 0 spiro atoms. The molecule has 0 aliphatic carbocycles. The number of carboxylic acid groups (broad SMARTS) is 1. The summed E-state index contributed by atoms with van der Waals surface area (Å²) in [5.41, 5.74) is -1.42. The fraction of sp³-hybridized carbons (Fsp3) is 0.333. The van der Waals surface area contributed by atoms with Crippen molar-refractivity contribution in [3.8, 4) is 0 Å². The van der Waals surface area contributed by atoms with Gasteiger partial charge in [-0.15, -0.1) is 0 Å². The molecule has 21 heavy (non-hydrogen) atoms. The minimum atomic E-state index is -4.63. The molecule has 116 valence electrons. The normalized spacial score (nSPS) is 14.4. The van der Waals surface area contributed by atoms with Crippen LogP contribution in [0.25, 0.3) is 0 Å². The van der Waals surface area contributed by atoms with E-state index in [4.69, 9.17) is 5.11 Å². The first-order valence-electron chi connectivity index (χ1n) is 5.62. The number of alkyl halides is 3. The van der Waals surface area contributed by atoms with E-state index in [2.05, 4.69) is 15.9 Å². The fourth-order valence-corrected chi connectivity index (χ4v) is 1.91. The molecular formula is C12H11BrF3NO4. The average Bonchev–Trinajstić information content (AvgIpc) is 2.33. The van der Waals surface area contributed by atoms with Crippen molar-refractivity contribution in [2.24, 2.45) is 0 Å². The Morgan fingerprint density at radius 1 is 1.33 bits per heavy atom. The molecule has 0 aliphatic heterocycles.